The van der Waals surface area contributed by atoms with Crippen LogP contribution in [0.25, 0.3) is 0 Å². The summed E-state index contributed by atoms with van der Waals surface area (Å²) in [5.74, 6) is -0.329. The highest BCUT2D eigenvalue weighted by Gasteiger charge is 2.20. The van der Waals surface area contributed by atoms with E-state index in [0.29, 0.717) is 12.0 Å². The topological polar surface area (TPSA) is 76.3 Å². The molecule has 0 amide bonds. The molecule has 0 aliphatic rings. The second-order valence-corrected chi connectivity index (χ2v) is 2.68. The van der Waals surface area contributed by atoms with Gasteiger partial charge in [0.2, 0.25) is 5.75 Å². The van der Waals surface area contributed by atoms with Crippen LogP contribution < -0.4 is 0 Å². The number of aromatic hydroxyl groups is 1. The van der Waals surface area contributed by atoms with Gasteiger partial charge in [0.1, 0.15) is 0 Å². The van der Waals surface area contributed by atoms with Crippen molar-refractivity contribution in [3.05, 3.63) is 27.6 Å². The van der Waals surface area contributed by atoms with Gasteiger partial charge in [0, 0.05) is 6.20 Å². The molecule has 1 heterocycles. The summed E-state index contributed by atoms with van der Waals surface area (Å²) in [6, 6.07) is 0. The highest BCUT2D eigenvalue weighted by Crippen LogP contribution is 2.31. The first-order valence-corrected chi connectivity index (χ1v) is 3.89. The molecule has 1 rings (SSSR count). The number of aryl methyl sites for hydroxylation is 2. The maximum Gasteiger partial charge on any atom is 0.317 e. The molecule has 5 heteroatoms. The molecule has 1 aromatic rings. The fourth-order valence-corrected chi connectivity index (χ4v) is 1.08. The Hall–Kier alpha value is -1.65. The van der Waals surface area contributed by atoms with Crippen LogP contribution in [0.15, 0.2) is 6.20 Å². The summed E-state index contributed by atoms with van der Waals surface area (Å²) in [6.07, 6.45) is 1.91. The van der Waals surface area contributed by atoms with Crippen LogP contribution in [0.1, 0.15) is 18.2 Å². The van der Waals surface area contributed by atoms with E-state index in [4.69, 9.17) is 0 Å². The summed E-state index contributed by atoms with van der Waals surface area (Å²) in [5.41, 5.74) is 0.506. The van der Waals surface area contributed by atoms with Crippen molar-refractivity contribution in [3.63, 3.8) is 0 Å². The normalized spacial score (nSPS) is 10.0. The minimum absolute atomic E-state index is 0.227. The van der Waals surface area contributed by atoms with Crippen LogP contribution in [-0.4, -0.2) is 15.0 Å². The van der Waals surface area contributed by atoms with Crippen LogP contribution in [0, 0.1) is 17.0 Å². The molecular formula is C8H10N2O3. The number of pyridine rings is 1. The van der Waals surface area contributed by atoms with E-state index in [0.717, 1.165) is 0 Å². The lowest BCUT2D eigenvalue weighted by molar-refractivity contribution is -0.386. The predicted octanol–water partition coefficient (Wildman–Crippen LogP) is 1.57. The molecule has 0 saturated carbocycles. The zero-order chi connectivity index (χ0) is 10.0. The minimum Gasteiger partial charge on any atom is -0.501 e. The minimum atomic E-state index is -0.581. The Morgan fingerprint density at radius 2 is 2.31 bits per heavy atom. The fourth-order valence-electron chi connectivity index (χ4n) is 1.08. The quantitative estimate of drug-likeness (QED) is 0.556. The molecular weight excluding hydrogens is 172 g/mol. The third-order valence-electron chi connectivity index (χ3n) is 1.85. The average Bonchev–Trinajstić information content (AvgIpc) is 2.08. The van der Waals surface area contributed by atoms with Crippen molar-refractivity contribution in [1.29, 1.82) is 0 Å². The van der Waals surface area contributed by atoms with Crippen LogP contribution in [0.2, 0.25) is 0 Å². The second-order valence-electron chi connectivity index (χ2n) is 2.68. The Morgan fingerprint density at radius 3 is 2.77 bits per heavy atom. The lowest BCUT2D eigenvalue weighted by Crippen LogP contribution is -1.98. The molecule has 0 aliphatic carbocycles. The molecule has 1 N–H and O–H groups in total. The van der Waals surface area contributed by atoms with Gasteiger partial charge < -0.3 is 5.11 Å². The van der Waals surface area contributed by atoms with Crippen molar-refractivity contribution in [3.8, 4) is 5.75 Å². The lowest BCUT2D eigenvalue weighted by Gasteiger charge is -2.02. The lowest BCUT2D eigenvalue weighted by atomic mass is 10.1. The van der Waals surface area contributed by atoms with Gasteiger partial charge in [-0.3, -0.25) is 15.1 Å². The summed E-state index contributed by atoms with van der Waals surface area (Å²) in [5, 5.41) is 19.9. The first kappa shape index (κ1) is 9.44. The standard InChI is InChI=1S/C8H10N2O3/c1-3-6-4-9-5(2)8(11)7(6)10(12)13/h4,11H,3H2,1-2H3. The molecule has 5 nitrogen and oxygen atoms in total. The Labute approximate surface area is 75.2 Å². The van der Waals surface area contributed by atoms with E-state index in [2.05, 4.69) is 4.98 Å². The second kappa shape index (κ2) is 3.38. The summed E-state index contributed by atoms with van der Waals surface area (Å²) < 4.78 is 0. The van der Waals surface area contributed by atoms with Crippen molar-refractivity contribution >= 4 is 5.69 Å². The van der Waals surface area contributed by atoms with E-state index in [1.54, 1.807) is 6.92 Å². The number of nitro groups is 1. The van der Waals surface area contributed by atoms with Gasteiger partial charge in [-0.2, -0.15) is 0 Å². The van der Waals surface area contributed by atoms with Gasteiger partial charge in [0.15, 0.2) is 0 Å². The van der Waals surface area contributed by atoms with Gasteiger partial charge in [0.05, 0.1) is 16.2 Å². The van der Waals surface area contributed by atoms with Gasteiger partial charge in [-0.1, -0.05) is 6.92 Å². The van der Waals surface area contributed by atoms with E-state index in [9.17, 15) is 15.2 Å². The molecule has 0 spiro atoms. The number of aromatic nitrogens is 1. The number of nitrogens with zero attached hydrogens (tertiary/aromatic N) is 2. The first-order chi connectivity index (χ1) is 6.07. The summed E-state index contributed by atoms with van der Waals surface area (Å²) >= 11 is 0. The first-order valence-electron chi connectivity index (χ1n) is 3.89. The van der Waals surface area contributed by atoms with Gasteiger partial charge in [0.25, 0.3) is 0 Å². The summed E-state index contributed by atoms with van der Waals surface area (Å²) in [7, 11) is 0. The highest BCUT2D eigenvalue weighted by atomic mass is 16.6. The molecule has 0 fully saturated rings. The summed E-state index contributed by atoms with van der Waals surface area (Å²) in [4.78, 5) is 13.8. The van der Waals surface area contributed by atoms with Crippen molar-refractivity contribution in [1.82, 2.24) is 4.98 Å². The molecule has 0 aromatic carbocycles. The zero-order valence-corrected chi connectivity index (χ0v) is 7.44. The van der Waals surface area contributed by atoms with Crippen molar-refractivity contribution in [2.45, 2.75) is 20.3 Å². The van der Waals surface area contributed by atoms with Gasteiger partial charge in [-0.15, -0.1) is 0 Å². The molecule has 0 atom stereocenters. The smallest absolute Gasteiger partial charge is 0.317 e. The third-order valence-corrected chi connectivity index (χ3v) is 1.85. The van der Waals surface area contributed by atoms with E-state index in [1.807, 2.05) is 0 Å². The monoisotopic (exact) mass is 182 g/mol. The number of hydrogen-bond acceptors (Lipinski definition) is 4. The average molecular weight is 182 g/mol. The van der Waals surface area contributed by atoms with E-state index < -0.39 is 4.92 Å². The zero-order valence-electron chi connectivity index (χ0n) is 7.44. The molecule has 0 unspecified atom stereocenters. The third kappa shape index (κ3) is 1.58. The van der Waals surface area contributed by atoms with Crippen LogP contribution in [0.4, 0.5) is 5.69 Å². The van der Waals surface area contributed by atoms with Gasteiger partial charge in [-0.25, -0.2) is 0 Å². The van der Waals surface area contributed by atoms with Crippen LogP contribution in [0.5, 0.6) is 5.75 Å². The predicted molar refractivity (Wildman–Crippen MR) is 46.7 cm³/mol. The van der Waals surface area contributed by atoms with E-state index >= 15 is 0 Å². The maximum absolute atomic E-state index is 10.6. The van der Waals surface area contributed by atoms with Crippen LogP contribution in [-0.2, 0) is 6.42 Å². The molecule has 70 valence electrons. The van der Waals surface area contributed by atoms with Crippen molar-refractivity contribution in [2.24, 2.45) is 0 Å². The molecule has 0 bridgehead atoms. The Kier molecular flexibility index (Phi) is 2.46. The largest absolute Gasteiger partial charge is 0.501 e. The fraction of sp³-hybridized carbons (Fsp3) is 0.375. The summed E-state index contributed by atoms with van der Waals surface area (Å²) in [6.45, 7) is 3.31. The van der Waals surface area contributed by atoms with E-state index in [-0.39, 0.29) is 17.1 Å². The van der Waals surface area contributed by atoms with Crippen molar-refractivity contribution < 1.29 is 10.0 Å². The van der Waals surface area contributed by atoms with Gasteiger partial charge >= 0.3 is 5.69 Å². The van der Waals surface area contributed by atoms with Crippen LogP contribution in [0.3, 0.4) is 0 Å². The van der Waals surface area contributed by atoms with Gasteiger partial charge in [-0.05, 0) is 13.3 Å². The number of rotatable bonds is 2. The Bertz CT molecular complexity index is 349. The number of hydrogen-bond donors (Lipinski definition) is 1. The Balaban J connectivity index is 3.41. The van der Waals surface area contributed by atoms with Crippen LogP contribution >= 0.6 is 0 Å². The molecule has 0 saturated heterocycles. The van der Waals surface area contributed by atoms with E-state index in [1.165, 1.54) is 13.1 Å². The Morgan fingerprint density at radius 1 is 1.69 bits per heavy atom. The van der Waals surface area contributed by atoms with Crippen molar-refractivity contribution in [2.75, 3.05) is 0 Å². The molecule has 1 aromatic heterocycles. The SMILES string of the molecule is CCc1cnc(C)c(O)c1[N+](=O)[O-]. The maximum atomic E-state index is 10.6. The highest BCUT2D eigenvalue weighted by molar-refractivity contribution is 5.52. The molecule has 13 heavy (non-hydrogen) atoms. The molecule has 0 radical (unpaired) electrons. The molecule has 0 aliphatic heterocycles.